The second-order valence-corrected chi connectivity index (χ2v) is 3.00. The van der Waals surface area contributed by atoms with Crippen molar-refractivity contribution in [2.45, 2.75) is 18.7 Å². The molecule has 1 unspecified atom stereocenters. The van der Waals surface area contributed by atoms with Crippen LogP contribution in [0.2, 0.25) is 0 Å². The Morgan fingerprint density at radius 1 is 1.33 bits per heavy atom. The minimum atomic E-state index is -4.47. The van der Waals surface area contributed by atoms with Gasteiger partial charge in [0.05, 0.1) is 6.10 Å². The van der Waals surface area contributed by atoms with Crippen molar-refractivity contribution in [2.75, 3.05) is 6.61 Å². The molecule has 84 valence electrons. The van der Waals surface area contributed by atoms with Crippen molar-refractivity contribution in [1.29, 1.82) is 0 Å². The number of pyridine rings is 1. The van der Waals surface area contributed by atoms with Crippen LogP contribution in [0.15, 0.2) is 18.3 Å². The average molecular weight is 221 g/mol. The highest BCUT2D eigenvalue weighted by Gasteiger charge is 2.32. The van der Waals surface area contributed by atoms with Crippen LogP contribution in [0.4, 0.5) is 13.2 Å². The average Bonchev–Trinajstić information content (AvgIpc) is 2.17. The van der Waals surface area contributed by atoms with Gasteiger partial charge in [-0.3, -0.25) is 4.98 Å². The van der Waals surface area contributed by atoms with Gasteiger partial charge in [0.25, 0.3) is 0 Å². The van der Waals surface area contributed by atoms with E-state index in [0.717, 1.165) is 18.3 Å². The molecule has 15 heavy (non-hydrogen) atoms. The van der Waals surface area contributed by atoms with Crippen molar-refractivity contribution in [3.8, 4) is 0 Å². The van der Waals surface area contributed by atoms with Crippen LogP contribution in [0.25, 0.3) is 0 Å². The first-order valence-corrected chi connectivity index (χ1v) is 4.27. The summed E-state index contributed by atoms with van der Waals surface area (Å²) in [7, 11) is 0. The number of hydrogen-bond acceptors (Lipinski definition) is 3. The lowest BCUT2D eigenvalue weighted by Crippen LogP contribution is -2.09. The monoisotopic (exact) mass is 221 g/mol. The lowest BCUT2D eigenvalue weighted by molar-refractivity contribution is -0.141. The normalized spacial score (nSPS) is 13.9. The van der Waals surface area contributed by atoms with E-state index in [9.17, 15) is 18.3 Å². The Kier molecular flexibility index (Phi) is 3.65. The van der Waals surface area contributed by atoms with E-state index >= 15 is 0 Å². The Balaban J connectivity index is 2.81. The summed E-state index contributed by atoms with van der Waals surface area (Å²) >= 11 is 0. The summed E-state index contributed by atoms with van der Waals surface area (Å²) in [6.45, 7) is -0.234. The summed E-state index contributed by atoms with van der Waals surface area (Å²) < 4.78 is 36.3. The fraction of sp³-hybridized carbons (Fsp3) is 0.444. The maximum absolute atomic E-state index is 12.1. The third kappa shape index (κ3) is 3.17. The van der Waals surface area contributed by atoms with Crippen LogP contribution in [0.5, 0.6) is 0 Å². The molecule has 1 aromatic heterocycles. The Labute approximate surface area is 84.2 Å². The van der Waals surface area contributed by atoms with E-state index in [1.165, 1.54) is 0 Å². The third-order valence-electron chi connectivity index (χ3n) is 1.86. The number of rotatable bonds is 3. The van der Waals surface area contributed by atoms with Crippen LogP contribution < -0.4 is 0 Å². The SMILES string of the molecule is OCCC(O)c1ccc(C(F)(F)F)nc1. The van der Waals surface area contributed by atoms with E-state index in [-0.39, 0.29) is 18.6 Å². The van der Waals surface area contributed by atoms with Crippen molar-refractivity contribution in [1.82, 2.24) is 4.98 Å². The van der Waals surface area contributed by atoms with E-state index in [4.69, 9.17) is 5.11 Å². The van der Waals surface area contributed by atoms with Gasteiger partial charge in [-0.25, -0.2) is 0 Å². The zero-order valence-corrected chi connectivity index (χ0v) is 7.70. The fourth-order valence-corrected chi connectivity index (χ4v) is 1.06. The van der Waals surface area contributed by atoms with Gasteiger partial charge in [0, 0.05) is 19.2 Å². The minimum Gasteiger partial charge on any atom is -0.396 e. The van der Waals surface area contributed by atoms with Crippen molar-refractivity contribution < 1.29 is 23.4 Å². The molecule has 0 radical (unpaired) electrons. The number of aromatic nitrogens is 1. The van der Waals surface area contributed by atoms with Crippen molar-refractivity contribution in [2.24, 2.45) is 0 Å². The number of aliphatic hydroxyl groups is 2. The molecule has 0 fully saturated rings. The molecule has 3 nitrogen and oxygen atoms in total. The number of nitrogens with zero attached hydrogens (tertiary/aromatic N) is 1. The fourth-order valence-electron chi connectivity index (χ4n) is 1.06. The molecule has 0 amide bonds. The van der Waals surface area contributed by atoms with E-state index in [1.54, 1.807) is 0 Å². The van der Waals surface area contributed by atoms with Gasteiger partial charge in [0.15, 0.2) is 0 Å². The molecule has 1 heterocycles. The summed E-state index contributed by atoms with van der Waals surface area (Å²) in [6.07, 6.45) is -4.42. The van der Waals surface area contributed by atoms with E-state index < -0.39 is 18.0 Å². The molecule has 0 aromatic carbocycles. The van der Waals surface area contributed by atoms with Crippen LogP contribution in [0.3, 0.4) is 0 Å². The molecule has 2 N–H and O–H groups in total. The van der Waals surface area contributed by atoms with Gasteiger partial charge in [0.1, 0.15) is 5.69 Å². The van der Waals surface area contributed by atoms with Crippen LogP contribution >= 0.6 is 0 Å². The van der Waals surface area contributed by atoms with Crippen molar-refractivity contribution >= 4 is 0 Å². The predicted octanol–water partition coefficient (Wildman–Crippen LogP) is 1.52. The molecule has 0 spiro atoms. The van der Waals surface area contributed by atoms with Gasteiger partial charge >= 0.3 is 6.18 Å². The summed E-state index contributed by atoms with van der Waals surface area (Å²) in [5, 5.41) is 17.9. The molecule has 1 rings (SSSR count). The minimum absolute atomic E-state index is 0.0764. The van der Waals surface area contributed by atoms with Gasteiger partial charge in [0.2, 0.25) is 0 Å². The standard InChI is InChI=1S/C9H10F3NO2/c10-9(11,12)8-2-1-6(5-13-8)7(15)3-4-14/h1-2,5,7,14-15H,3-4H2. The van der Waals surface area contributed by atoms with Gasteiger partial charge in [-0.15, -0.1) is 0 Å². The molecule has 6 heteroatoms. The zero-order chi connectivity index (χ0) is 11.5. The second-order valence-electron chi connectivity index (χ2n) is 3.00. The molecule has 0 aliphatic rings. The zero-order valence-electron chi connectivity index (χ0n) is 7.70. The van der Waals surface area contributed by atoms with Gasteiger partial charge in [-0.1, -0.05) is 6.07 Å². The van der Waals surface area contributed by atoms with Crippen LogP contribution in [-0.2, 0) is 6.18 Å². The van der Waals surface area contributed by atoms with Crippen LogP contribution in [0, 0.1) is 0 Å². The Hall–Kier alpha value is -1.14. The maximum Gasteiger partial charge on any atom is 0.433 e. The molecule has 1 atom stereocenters. The number of aliphatic hydroxyl groups excluding tert-OH is 2. The smallest absolute Gasteiger partial charge is 0.396 e. The quantitative estimate of drug-likeness (QED) is 0.813. The van der Waals surface area contributed by atoms with Gasteiger partial charge < -0.3 is 10.2 Å². The topological polar surface area (TPSA) is 53.4 Å². The number of hydrogen-bond donors (Lipinski definition) is 2. The Bertz CT molecular complexity index is 310. The molecular formula is C9H10F3NO2. The predicted molar refractivity (Wildman–Crippen MR) is 45.9 cm³/mol. The highest BCUT2D eigenvalue weighted by Crippen LogP contribution is 2.28. The van der Waals surface area contributed by atoms with Crippen LogP contribution in [-0.4, -0.2) is 21.8 Å². The van der Waals surface area contributed by atoms with Gasteiger partial charge in [-0.05, 0) is 11.6 Å². The lowest BCUT2D eigenvalue weighted by atomic mass is 10.1. The third-order valence-corrected chi connectivity index (χ3v) is 1.86. The molecule has 0 saturated heterocycles. The van der Waals surface area contributed by atoms with E-state index in [1.807, 2.05) is 0 Å². The van der Waals surface area contributed by atoms with E-state index in [2.05, 4.69) is 4.98 Å². The van der Waals surface area contributed by atoms with Crippen molar-refractivity contribution in [3.63, 3.8) is 0 Å². The number of alkyl halides is 3. The second kappa shape index (κ2) is 4.59. The molecule has 0 aliphatic heterocycles. The summed E-state index contributed by atoms with van der Waals surface area (Å²) in [5.74, 6) is 0. The summed E-state index contributed by atoms with van der Waals surface area (Å²) in [5.41, 5.74) is -0.737. The molecule has 0 aliphatic carbocycles. The highest BCUT2D eigenvalue weighted by molar-refractivity contribution is 5.17. The molecule has 1 aromatic rings. The first kappa shape index (κ1) is 11.9. The summed E-state index contributed by atoms with van der Waals surface area (Å²) in [6, 6.07) is 1.95. The Morgan fingerprint density at radius 3 is 2.40 bits per heavy atom. The molecule has 0 bridgehead atoms. The lowest BCUT2D eigenvalue weighted by Gasteiger charge is -2.10. The van der Waals surface area contributed by atoms with Crippen LogP contribution in [0.1, 0.15) is 23.8 Å². The first-order valence-electron chi connectivity index (χ1n) is 4.27. The highest BCUT2D eigenvalue weighted by atomic mass is 19.4. The first-order chi connectivity index (χ1) is 6.95. The van der Waals surface area contributed by atoms with Crippen molar-refractivity contribution in [3.05, 3.63) is 29.6 Å². The largest absolute Gasteiger partial charge is 0.433 e. The molecular weight excluding hydrogens is 211 g/mol. The van der Waals surface area contributed by atoms with Gasteiger partial charge in [-0.2, -0.15) is 13.2 Å². The maximum atomic E-state index is 12.1. The molecule has 0 saturated carbocycles. The Morgan fingerprint density at radius 2 is 2.00 bits per heavy atom. The number of halogens is 3. The van der Waals surface area contributed by atoms with E-state index in [0.29, 0.717) is 0 Å². The summed E-state index contributed by atoms with van der Waals surface area (Å²) in [4.78, 5) is 3.19.